The Balaban J connectivity index is 1.33. The molecule has 2 N–H and O–H groups in total. The Bertz CT molecular complexity index is 1030. The summed E-state index contributed by atoms with van der Waals surface area (Å²) in [6.07, 6.45) is 3.11. The molecule has 3 rings (SSSR count). The number of ether oxygens (including phenoxy) is 1. The summed E-state index contributed by atoms with van der Waals surface area (Å²) in [5, 5.41) is 6.70. The highest BCUT2D eigenvalue weighted by Crippen LogP contribution is 2.15. The highest BCUT2D eigenvalue weighted by Gasteiger charge is 2.05. The molecule has 0 spiro atoms. The van der Waals surface area contributed by atoms with Crippen LogP contribution in [0, 0.1) is 6.92 Å². The van der Waals surface area contributed by atoms with Gasteiger partial charge in [0, 0.05) is 5.75 Å². The van der Waals surface area contributed by atoms with Crippen molar-refractivity contribution in [2.45, 2.75) is 19.2 Å². The molecule has 0 unspecified atom stereocenters. The predicted molar refractivity (Wildman–Crippen MR) is 126 cm³/mol. The van der Waals surface area contributed by atoms with E-state index < -0.39 is 0 Å². The summed E-state index contributed by atoms with van der Waals surface area (Å²) >= 11 is 1.55. The number of hydrazone groups is 1. The Labute approximate surface area is 191 Å². The Hall–Kier alpha value is -3.52. The summed E-state index contributed by atoms with van der Waals surface area (Å²) in [5.41, 5.74) is 5.78. The molecule has 32 heavy (non-hydrogen) atoms. The van der Waals surface area contributed by atoms with Crippen LogP contribution in [0.1, 0.15) is 22.5 Å². The van der Waals surface area contributed by atoms with Crippen molar-refractivity contribution in [3.63, 3.8) is 0 Å². The highest BCUT2D eigenvalue weighted by molar-refractivity contribution is 7.99. The third-order valence-corrected chi connectivity index (χ3v) is 5.43. The average molecular weight is 452 g/mol. The van der Waals surface area contributed by atoms with Gasteiger partial charge in [-0.15, -0.1) is 11.8 Å². The number of carbonyl (C=O) groups is 2. The molecular weight excluding hydrogens is 426 g/mol. The van der Waals surface area contributed by atoms with Crippen LogP contribution in [0.15, 0.2) is 76.4 Å². The Morgan fingerprint density at radius 3 is 2.62 bits per heavy atom. The molecule has 7 nitrogen and oxygen atoms in total. The first-order chi connectivity index (χ1) is 15.6. The zero-order valence-corrected chi connectivity index (χ0v) is 18.6. The van der Waals surface area contributed by atoms with Gasteiger partial charge in [-0.1, -0.05) is 24.3 Å². The van der Waals surface area contributed by atoms with E-state index in [0.717, 1.165) is 11.3 Å². The lowest BCUT2D eigenvalue weighted by molar-refractivity contribution is -0.123. The zero-order chi connectivity index (χ0) is 22.6. The molecule has 0 aliphatic heterocycles. The van der Waals surface area contributed by atoms with Crippen LogP contribution < -0.4 is 15.5 Å². The van der Waals surface area contributed by atoms with Crippen molar-refractivity contribution in [2.75, 3.05) is 12.4 Å². The van der Waals surface area contributed by atoms with E-state index in [1.165, 1.54) is 11.1 Å². The average Bonchev–Trinajstić information content (AvgIpc) is 3.32. The second kappa shape index (κ2) is 12.4. The van der Waals surface area contributed by atoms with Gasteiger partial charge in [-0.3, -0.25) is 9.59 Å². The molecule has 166 valence electrons. The fourth-order valence-electron chi connectivity index (χ4n) is 2.69. The molecule has 0 saturated heterocycles. The largest absolute Gasteiger partial charge is 0.484 e. The standard InChI is InChI=1S/C24H25N3O4S/c1-18-5-2-3-6-20(18)16-32-17-24(29)27-26-13-19-8-10-21(11-9-19)31-15-23(28)25-14-22-7-4-12-30-22/h2-13H,14-17H2,1H3,(H,25,28)(H,27,29)/b26-13-. The van der Waals surface area contributed by atoms with Gasteiger partial charge in [0.25, 0.3) is 5.91 Å². The molecule has 0 radical (unpaired) electrons. The number of hydrogen-bond acceptors (Lipinski definition) is 6. The van der Waals surface area contributed by atoms with E-state index >= 15 is 0 Å². The quantitative estimate of drug-likeness (QED) is 0.343. The maximum atomic E-state index is 11.9. The number of aryl methyl sites for hydroxylation is 1. The van der Waals surface area contributed by atoms with Crippen molar-refractivity contribution < 1.29 is 18.7 Å². The summed E-state index contributed by atoms with van der Waals surface area (Å²) < 4.78 is 10.6. The highest BCUT2D eigenvalue weighted by atomic mass is 32.2. The summed E-state index contributed by atoms with van der Waals surface area (Å²) in [7, 11) is 0. The molecule has 1 heterocycles. The van der Waals surface area contributed by atoms with Gasteiger partial charge < -0.3 is 14.5 Å². The lowest BCUT2D eigenvalue weighted by Gasteiger charge is -2.07. The van der Waals surface area contributed by atoms with E-state index in [9.17, 15) is 9.59 Å². The summed E-state index contributed by atoms with van der Waals surface area (Å²) in [6, 6.07) is 18.7. The topological polar surface area (TPSA) is 92.9 Å². The van der Waals surface area contributed by atoms with Gasteiger partial charge >= 0.3 is 0 Å². The molecule has 2 amide bonds. The Kier molecular flexibility index (Phi) is 8.94. The van der Waals surface area contributed by atoms with Crippen LogP contribution >= 0.6 is 11.8 Å². The number of benzene rings is 2. The summed E-state index contributed by atoms with van der Waals surface area (Å²) in [4.78, 5) is 23.7. The maximum absolute atomic E-state index is 11.9. The number of thioether (sulfide) groups is 1. The van der Waals surface area contributed by atoms with Gasteiger partial charge in [-0.25, -0.2) is 5.43 Å². The fourth-order valence-corrected chi connectivity index (χ4v) is 3.58. The summed E-state index contributed by atoms with van der Waals surface area (Å²) in [5.74, 6) is 1.97. The maximum Gasteiger partial charge on any atom is 0.258 e. The molecule has 3 aromatic rings. The molecule has 0 fully saturated rings. The smallest absolute Gasteiger partial charge is 0.258 e. The van der Waals surface area contributed by atoms with Crippen molar-refractivity contribution in [1.82, 2.24) is 10.7 Å². The van der Waals surface area contributed by atoms with Gasteiger partial charge in [0.05, 0.1) is 24.8 Å². The third-order valence-electron chi connectivity index (χ3n) is 4.44. The van der Waals surface area contributed by atoms with Gasteiger partial charge in [0.2, 0.25) is 5.91 Å². The van der Waals surface area contributed by atoms with Crippen LogP contribution in [-0.2, 0) is 21.9 Å². The number of carbonyl (C=O) groups excluding carboxylic acids is 2. The van der Waals surface area contributed by atoms with Crippen LogP contribution in [0.5, 0.6) is 5.75 Å². The Morgan fingerprint density at radius 2 is 1.88 bits per heavy atom. The van der Waals surface area contributed by atoms with Gasteiger partial charge in [0.15, 0.2) is 6.61 Å². The van der Waals surface area contributed by atoms with Crippen molar-refractivity contribution in [2.24, 2.45) is 5.10 Å². The molecule has 0 saturated carbocycles. The molecule has 1 aromatic heterocycles. The fraction of sp³-hybridized carbons (Fsp3) is 0.208. The minimum Gasteiger partial charge on any atom is -0.484 e. The predicted octanol–water partition coefficient (Wildman–Crippen LogP) is 3.67. The number of hydrogen-bond donors (Lipinski definition) is 2. The number of nitrogens with one attached hydrogen (secondary N) is 2. The van der Waals surface area contributed by atoms with Crippen molar-refractivity contribution in [3.8, 4) is 5.75 Å². The molecular formula is C24H25N3O4S. The molecule has 2 aromatic carbocycles. The molecule has 0 aliphatic carbocycles. The molecule has 0 atom stereocenters. The number of furan rings is 1. The van der Waals surface area contributed by atoms with Gasteiger partial charge in [-0.05, 0) is 60.0 Å². The lowest BCUT2D eigenvalue weighted by Crippen LogP contribution is -2.28. The second-order valence-corrected chi connectivity index (χ2v) is 7.91. The van der Waals surface area contributed by atoms with E-state index in [1.54, 1.807) is 60.6 Å². The lowest BCUT2D eigenvalue weighted by atomic mass is 10.1. The van der Waals surface area contributed by atoms with Gasteiger partial charge in [0.1, 0.15) is 11.5 Å². The van der Waals surface area contributed by atoms with E-state index in [2.05, 4.69) is 34.9 Å². The first kappa shape index (κ1) is 23.1. The molecule has 0 aliphatic rings. The van der Waals surface area contributed by atoms with Crippen molar-refractivity contribution in [1.29, 1.82) is 0 Å². The number of rotatable bonds is 11. The second-order valence-electron chi connectivity index (χ2n) is 6.93. The SMILES string of the molecule is Cc1ccccc1CSCC(=O)N/N=C\c1ccc(OCC(=O)NCc2ccco2)cc1. The minimum atomic E-state index is -0.241. The van der Waals surface area contributed by atoms with Crippen LogP contribution in [0.4, 0.5) is 0 Å². The minimum absolute atomic E-state index is 0.0929. The first-order valence-electron chi connectivity index (χ1n) is 10.1. The molecule has 0 bridgehead atoms. The van der Waals surface area contributed by atoms with Crippen LogP contribution in [0.3, 0.4) is 0 Å². The summed E-state index contributed by atoms with van der Waals surface area (Å²) in [6.45, 7) is 2.29. The van der Waals surface area contributed by atoms with E-state index in [0.29, 0.717) is 23.8 Å². The third kappa shape index (κ3) is 7.96. The van der Waals surface area contributed by atoms with E-state index in [1.807, 2.05) is 12.1 Å². The van der Waals surface area contributed by atoms with Crippen molar-refractivity contribution in [3.05, 3.63) is 89.4 Å². The van der Waals surface area contributed by atoms with Crippen LogP contribution in [0.25, 0.3) is 0 Å². The first-order valence-corrected chi connectivity index (χ1v) is 11.2. The molecule has 8 heteroatoms. The van der Waals surface area contributed by atoms with E-state index in [-0.39, 0.29) is 18.4 Å². The van der Waals surface area contributed by atoms with Crippen LogP contribution in [0.2, 0.25) is 0 Å². The van der Waals surface area contributed by atoms with Crippen molar-refractivity contribution >= 4 is 29.8 Å². The van der Waals surface area contributed by atoms with Gasteiger partial charge in [-0.2, -0.15) is 5.10 Å². The number of amides is 2. The normalized spacial score (nSPS) is 10.8. The monoisotopic (exact) mass is 451 g/mol. The Morgan fingerprint density at radius 1 is 1.06 bits per heavy atom. The zero-order valence-electron chi connectivity index (χ0n) is 17.7. The number of nitrogens with zero attached hydrogens (tertiary/aromatic N) is 1. The van der Waals surface area contributed by atoms with E-state index in [4.69, 9.17) is 9.15 Å². The van der Waals surface area contributed by atoms with Crippen LogP contribution in [-0.4, -0.2) is 30.4 Å².